The van der Waals surface area contributed by atoms with Crippen LogP contribution in [0.2, 0.25) is 0 Å². The smallest absolute Gasteiger partial charge is 0.320 e. The van der Waals surface area contributed by atoms with Crippen molar-refractivity contribution >= 4 is 12.0 Å². The number of nitrogens with zero attached hydrogens (tertiary/aromatic N) is 2. The van der Waals surface area contributed by atoms with Crippen LogP contribution in [0.15, 0.2) is 0 Å². The number of carboxylic acid groups (broad SMARTS) is 1. The standard InChI is InChI=1S/C14H24N2O4/c17-13(18)6-11-20-12-4-9-16(10-5-12)14(19)15-7-2-1-3-8-15/h12H,1-11H2,(H,17,18). The molecule has 0 bridgehead atoms. The molecule has 1 N–H and O–H groups in total. The molecule has 2 rings (SSSR count). The molecule has 6 heteroatoms. The monoisotopic (exact) mass is 284 g/mol. The summed E-state index contributed by atoms with van der Waals surface area (Å²) in [5.41, 5.74) is 0. The van der Waals surface area contributed by atoms with Crippen molar-refractivity contribution < 1.29 is 19.4 Å². The number of hydrogen-bond acceptors (Lipinski definition) is 3. The van der Waals surface area contributed by atoms with Gasteiger partial charge in [0, 0.05) is 26.2 Å². The lowest BCUT2D eigenvalue weighted by Gasteiger charge is -2.37. The van der Waals surface area contributed by atoms with Gasteiger partial charge in [-0.25, -0.2) is 4.79 Å². The molecule has 2 amide bonds. The summed E-state index contributed by atoms with van der Waals surface area (Å²) in [6.07, 6.45) is 5.20. The Hall–Kier alpha value is -1.30. The Morgan fingerprint density at radius 1 is 1.00 bits per heavy atom. The normalized spacial score (nSPS) is 21.0. The molecule has 0 spiro atoms. The fraction of sp³-hybridized carbons (Fsp3) is 0.857. The van der Waals surface area contributed by atoms with Gasteiger partial charge < -0.3 is 19.6 Å². The lowest BCUT2D eigenvalue weighted by molar-refractivity contribution is -0.138. The van der Waals surface area contributed by atoms with Crippen molar-refractivity contribution in [1.82, 2.24) is 9.80 Å². The minimum Gasteiger partial charge on any atom is -0.481 e. The van der Waals surface area contributed by atoms with Gasteiger partial charge >= 0.3 is 12.0 Å². The van der Waals surface area contributed by atoms with Crippen LogP contribution in [0.3, 0.4) is 0 Å². The second kappa shape index (κ2) is 7.47. The number of carbonyl (C=O) groups is 2. The average Bonchev–Trinajstić information content (AvgIpc) is 2.48. The van der Waals surface area contributed by atoms with Gasteiger partial charge in [0.2, 0.25) is 0 Å². The summed E-state index contributed by atoms with van der Waals surface area (Å²) in [7, 11) is 0. The molecule has 6 nitrogen and oxygen atoms in total. The predicted molar refractivity (Wildman–Crippen MR) is 73.6 cm³/mol. The quantitative estimate of drug-likeness (QED) is 0.850. The Labute approximate surface area is 119 Å². The number of rotatable bonds is 4. The number of ether oxygens (including phenoxy) is 1. The van der Waals surface area contributed by atoms with E-state index in [4.69, 9.17) is 9.84 Å². The highest BCUT2D eigenvalue weighted by molar-refractivity contribution is 5.74. The van der Waals surface area contributed by atoms with Gasteiger partial charge in [-0.15, -0.1) is 0 Å². The van der Waals surface area contributed by atoms with E-state index in [9.17, 15) is 9.59 Å². The molecule has 0 aromatic carbocycles. The summed E-state index contributed by atoms with van der Waals surface area (Å²) in [6.45, 7) is 3.46. The Bertz CT molecular complexity index is 334. The Morgan fingerprint density at radius 3 is 2.20 bits per heavy atom. The third-order valence-electron chi connectivity index (χ3n) is 4.01. The molecular formula is C14H24N2O4. The van der Waals surface area contributed by atoms with E-state index in [0.29, 0.717) is 13.1 Å². The first-order valence-electron chi connectivity index (χ1n) is 7.54. The van der Waals surface area contributed by atoms with Crippen LogP contribution in [0.1, 0.15) is 38.5 Å². The van der Waals surface area contributed by atoms with Crippen LogP contribution in [0.5, 0.6) is 0 Å². The zero-order chi connectivity index (χ0) is 14.4. The highest BCUT2D eigenvalue weighted by Crippen LogP contribution is 2.17. The minimum atomic E-state index is -0.831. The van der Waals surface area contributed by atoms with Gasteiger partial charge in [-0.1, -0.05) is 0 Å². The fourth-order valence-electron chi connectivity index (χ4n) is 2.81. The Morgan fingerprint density at radius 2 is 1.60 bits per heavy atom. The molecule has 2 saturated heterocycles. The number of likely N-dealkylation sites (tertiary alicyclic amines) is 2. The highest BCUT2D eigenvalue weighted by atomic mass is 16.5. The van der Waals surface area contributed by atoms with Crippen LogP contribution in [0.25, 0.3) is 0 Å². The third kappa shape index (κ3) is 4.37. The Kier molecular flexibility index (Phi) is 5.64. The van der Waals surface area contributed by atoms with Gasteiger partial charge in [-0.2, -0.15) is 0 Å². The minimum absolute atomic E-state index is 0.0485. The predicted octanol–water partition coefficient (Wildman–Crippen LogP) is 1.55. The molecule has 0 saturated carbocycles. The van der Waals surface area contributed by atoms with E-state index in [-0.39, 0.29) is 25.2 Å². The lowest BCUT2D eigenvalue weighted by atomic mass is 10.1. The number of urea groups is 1. The molecule has 0 atom stereocenters. The Balaban J connectivity index is 1.68. The molecule has 2 aliphatic rings. The number of piperidine rings is 2. The van der Waals surface area contributed by atoms with E-state index >= 15 is 0 Å². The second-order valence-corrected chi connectivity index (χ2v) is 5.53. The highest BCUT2D eigenvalue weighted by Gasteiger charge is 2.27. The van der Waals surface area contributed by atoms with Crippen molar-refractivity contribution in [2.24, 2.45) is 0 Å². The van der Waals surface area contributed by atoms with Crippen molar-refractivity contribution in [3.05, 3.63) is 0 Å². The molecular weight excluding hydrogens is 260 g/mol. The first kappa shape index (κ1) is 15.1. The largest absolute Gasteiger partial charge is 0.481 e. The van der Waals surface area contributed by atoms with Crippen LogP contribution in [-0.2, 0) is 9.53 Å². The van der Waals surface area contributed by atoms with Crippen LogP contribution >= 0.6 is 0 Å². The maximum Gasteiger partial charge on any atom is 0.320 e. The van der Waals surface area contributed by atoms with Gasteiger partial charge in [0.05, 0.1) is 19.1 Å². The van der Waals surface area contributed by atoms with E-state index in [1.807, 2.05) is 9.80 Å². The maximum absolute atomic E-state index is 12.3. The molecule has 0 aliphatic carbocycles. The van der Waals surface area contributed by atoms with Gasteiger partial charge in [-0.3, -0.25) is 4.79 Å². The van der Waals surface area contributed by atoms with Crippen molar-refractivity contribution in [1.29, 1.82) is 0 Å². The van der Waals surface area contributed by atoms with Crippen LogP contribution in [0.4, 0.5) is 4.79 Å². The topological polar surface area (TPSA) is 70.1 Å². The van der Waals surface area contributed by atoms with E-state index < -0.39 is 5.97 Å². The van der Waals surface area contributed by atoms with Crippen molar-refractivity contribution in [2.45, 2.75) is 44.6 Å². The molecule has 0 radical (unpaired) electrons. The van der Waals surface area contributed by atoms with E-state index in [0.717, 1.165) is 38.8 Å². The summed E-state index contributed by atoms with van der Waals surface area (Å²) >= 11 is 0. The van der Waals surface area contributed by atoms with Crippen molar-refractivity contribution in [2.75, 3.05) is 32.8 Å². The zero-order valence-corrected chi connectivity index (χ0v) is 11.9. The zero-order valence-electron chi connectivity index (χ0n) is 11.9. The molecule has 2 aliphatic heterocycles. The third-order valence-corrected chi connectivity index (χ3v) is 4.01. The summed E-state index contributed by atoms with van der Waals surface area (Å²) in [5.74, 6) is -0.831. The molecule has 2 heterocycles. The maximum atomic E-state index is 12.3. The summed E-state index contributed by atoms with van der Waals surface area (Å²) in [4.78, 5) is 26.6. The summed E-state index contributed by atoms with van der Waals surface area (Å²) in [6, 6.07) is 0.161. The number of amides is 2. The molecule has 2 fully saturated rings. The van der Waals surface area contributed by atoms with Crippen molar-refractivity contribution in [3.63, 3.8) is 0 Å². The second-order valence-electron chi connectivity index (χ2n) is 5.53. The molecule has 0 unspecified atom stereocenters. The van der Waals surface area contributed by atoms with E-state index in [2.05, 4.69) is 0 Å². The van der Waals surface area contributed by atoms with Gasteiger partial charge in [0.25, 0.3) is 0 Å². The first-order chi connectivity index (χ1) is 9.66. The number of hydrogen-bond donors (Lipinski definition) is 1. The number of aliphatic carboxylic acids is 1. The fourth-order valence-corrected chi connectivity index (χ4v) is 2.81. The van der Waals surface area contributed by atoms with Gasteiger partial charge in [0.15, 0.2) is 0 Å². The molecule has 0 aromatic heterocycles. The lowest BCUT2D eigenvalue weighted by Crippen LogP contribution is -2.49. The van der Waals surface area contributed by atoms with Crippen LogP contribution < -0.4 is 0 Å². The summed E-state index contributed by atoms with van der Waals surface area (Å²) < 4.78 is 5.53. The number of carboxylic acids is 1. The molecule has 114 valence electrons. The van der Waals surface area contributed by atoms with Crippen LogP contribution in [-0.4, -0.2) is 65.8 Å². The molecule has 20 heavy (non-hydrogen) atoms. The van der Waals surface area contributed by atoms with E-state index in [1.54, 1.807) is 0 Å². The van der Waals surface area contributed by atoms with Crippen LogP contribution in [0, 0.1) is 0 Å². The first-order valence-corrected chi connectivity index (χ1v) is 7.54. The van der Waals surface area contributed by atoms with E-state index in [1.165, 1.54) is 6.42 Å². The summed E-state index contributed by atoms with van der Waals surface area (Å²) in [5, 5.41) is 8.56. The SMILES string of the molecule is O=C(O)CCOC1CCN(C(=O)N2CCCCC2)CC1. The number of carbonyl (C=O) groups excluding carboxylic acids is 1. The van der Waals surface area contributed by atoms with Crippen molar-refractivity contribution in [3.8, 4) is 0 Å². The molecule has 0 aromatic rings. The van der Waals surface area contributed by atoms with Gasteiger partial charge in [0.1, 0.15) is 0 Å². The van der Waals surface area contributed by atoms with Gasteiger partial charge in [-0.05, 0) is 32.1 Å². The average molecular weight is 284 g/mol.